The molecule has 1 aromatic rings. The first-order valence-corrected chi connectivity index (χ1v) is 7.82. The predicted octanol–water partition coefficient (Wildman–Crippen LogP) is 4.32. The van der Waals surface area contributed by atoms with Crippen LogP contribution in [0, 0.1) is 18.8 Å². The summed E-state index contributed by atoms with van der Waals surface area (Å²) < 4.78 is 0. The highest BCUT2D eigenvalue weighted by molar-refractivity contribution is 7.12. The van der Waals surface area contributed by atoms with E-state index in [0.29, 0.717) is 0 Å². The summed E-state index contributed by atoms with van der Waals surface area (Å²) in [5, 5.41) is 0. The van der Waals surface area contributed by atoms with E-state index in [1.54, 1.807) is 4.88 Å². The third-order valence-corrected chi connectivity index (χ3v) is 5.36. The summed E-state index contributed by atoms with van der Waals surface area (Å²) >= 11 is 1.98. The summed E-state index contributed by atoms with van der Waals surface area (Å²) in [6, 6.07) is 4.60. The minimum atomic E-state index is 0.723. The van der Waals surface area contributed by atoms with E-state index in [1.165, 1.54) is 37.0 Å². The maximum Gasteiger partial charge on any atom is 0.00823 e. The summed E-state index contributed by atoms with van der Waals surface area (Å²) in [4.78, 5) is 3.02. The van der Waals surface area contributed by atoms with Crippen LogP contribution in [0.25, 0.3) is 0 Å². The highest BCUT2D eigenvalue weighted by Crippen LogP contribution is 2.43. The first-order chi connectivity index (χ1) is 8.24. The maximum absolute atomic E-state index is 5.96. The Bertz CT molecular complexity index is 344. The summed E-state index contributed by atoms with van der Waals surface area (Å²) in [5.41, 5.74) is 5.96. The second kappa shape index (κ2) is 6.01. The van der Waals surface area contributed by atoms with Crippen molar-refractivity contribution in [1.29, 1.82) is 0 Å². The fourth-order valence-corrected chi connectivity index (χ4v) is 4.36. The van der Waals surface area contributed by atoms with Crippen molar-refractivity contribution in [1.82, 2.24) is 0 Å². The van der Waals surface area contributed by atoms with Crippen molar-refractivity contribution in [2.24, 2.45) is 17.6 Å². The molecule has 1 fully saturated rings. The summed E-state index contributed by atoms with van der Waals surface area (Å²) in [6.45, 7) is 5.37. The van der Waals surface area contributed by atoms with Gasteiger partial charge in [-0.15, -0.1) is 11.3 Å². The zero-order chi connectivity index (χ0) is 12.3. The zero-order valence-electron chi connectivity index (χ0n) is 11.1. The number of hydrogen-bond acceptors (Lipinski definition) is 2. The maximum atomic E-state index is 5.96. The minimum absolute atomic E-state index is 0.723. The van der Waals surface area contributed by atoms with Crippen LogP contribution in [0.15, 0.2) is 12.1 Å². The number of aryl methyl sites for hydroxylation is 1. The highest BCUT2D eigenvalue weighted by Gasteiger charge is 2.30. The van der Waals surface area contributed by atoms with Crippen molar-refractivity contribution in [3.8, 4) is 0 Å². The van der Waals surface area contributed by atoms with Crippen LogP contribution in [-0.2, 0) is 0 Å². The van der Waals surface area contributed by atoms with Crippen LogP contribution >= 0.6 is 11.3 Å². The molecule has 0 aromatic carbocycles. The van der Waals surface area contributed by atoms with E-state index in [-0.39, 0.29) is 0 Å². The lowest BCUT2D eigenvalue weighted by molar-refractivity contribution is 0.232. The fourth-order valence-electron chi connectivity index (χ4n) is 3.27. The topological polar surface area (TPSA) is 26.0 Å². The van der Waals surface area contributed by atoms with Gasteiger partial charge in [-0.3, -0.25) is 0 Å². The Morgan fingerprint density at radius 2 is 2.18 bits per heavy atom. The Kier molecular flexibility index (Phi) is 4.63. The zero-order valence-corrected chi connectivity index (χ0v) is 11.9. The molecular weight excluding hydrogens is 226 g/mol. The Morgan fingerprint density at radius 3 is 2.76 bits per heavy atom. The van der Waals surface area contributed by atoms with Gasteiger partial charge >= 0.3 is 0 Å². The van der Waals surface area contributed by atoms with Gasteiger partial charge in [0.25, 0.3) is 0 Å². The SMILES string of the molecule is CCCC1CCC(CN)C(c2ccc(C)s2)C1. The van der Waals surface area contributed by atoms with Crippen LogP contribution in [0.5, 0.6) is 0 Å². The van der Waals surface area contributed by atoms with E-state index < -0.39 is 0 Å². The normalized spacial score (nSPS) is 29.5. The van der Waals surface area contributed by atoms with Gasteiger partial charge in [-0.25, -0.2) is 0 Å². The second-order valence-corrected chi connectivity index (χ2v) is 6.84. The molecule has 0 saturated heterocycles. The molecular formula is C15H25NS. The van der Waals surface area contributed by atoms with Crippen molar-refractivity contribution in [2.45, 2.75) is 51.9 Å². The Hall–Kier alpha value is -0.340. The monoisotopic (exact) mass is 251 g/mol. The van der Waals surface area contributed by atoms with Crippen LogP contribution in [-0.4, -0.2) is 6.54 Å². The van der Waals surface area contributed by atoms with Gasteiger partial charge in [-0.05, 0) is 56.2 Å². The molecule has 2 N–H and O–H groups in total. The molecule has 3 atom stereocenters. The molecule has 1 nitrogen and oxygen atoms in total. The molecule has 1 aromatic heterocycles. The smallest absolute Gasteiger partial charge is 0.00823 e. The summed E-state index contributed by atoms with van der Waals surface area (Å²) in [6.07, 6.45) is 6.83. The molecule has 0 amide bonds. The third kappa shape index (κ3) is 3.11. The molecule has 0 bridgehead atoms. The van der Waals surface area contributed by atoms with Gasteiger partial charge in [-0.2, -0.15) is 0 Å². The summed E-state index contributed by atoms with van der Waals surface area (Å²) in [7, 11) is 0. The Labute approximate surface area is 109 Å². The largest absolute Gasteiger partial charge is 0.330 e. The van der Waals surface area contributed by atoms with Crippen molar-refractivity contribution >= 4 is 11.3 Å². The second-order valence-electron chi connectivity index (χ2n) is 5.52. The average Bonchev–Trinajstić information content (AvgIpc) is 2.76. The van der Waals surface area contributed by atoms with Gasteiger partial charge < -0.3 is 5.73 Å². The predicted molar refractivity (Wildman–Crippen MR) is 76.6 cm³/mol. The van der Waals surface area contributed by atoms with Gasteiger partial charge in [0.2, 0.25) is 0 Å². The average molecular weight is 251 g/mol. The molecule has 2 heteroatoms. The van der Waals surface area contributed by atoms with Gasteiger partial charge in [0.1, 0.15) is 0 Å². The first-order valence-electron chi connectivity index (χ1n) is 7.01. The van der Waals surface area contributed by atoms with Gasteiger partial charge in [0, 0.05) is 9.75 Å². The van der Waals surface area contributed by atoms with E-state index in [0.717, 1.165) is 24.3 Å². The molecule has 17 heavy (non-hydrogen) atoms. The molecule has 3 unspecified atom stereocenters. The fraction of sp³-hybridized carbons (Fsp3) is 0.733. The van der Waals surface area contributed by atoms with Crippen molar-refractivity contribution in [3.63, 3.8) is 0 Å². The Morgan fingerprint density at radius 1 is 1.35 bits per heavy atom. The van der Waals surface area contributed by atoms with E-state index in [1.807, 2.05) is 11.3 Å². The van der Waals surface area contributed by atoms with Gasteiger partial charge in [-0.1, -0.05) is 26.2 Å². The molecule has 0 radical (unpaired) electrons. The lowest BCUT2D eigenvalue weighted by Crippen LogP contribution is -2.28. The van der Waals surface area contributed by atoms with Crippen molar-refractivity contribution in [2.75, 3.05) is 6.54 Å². The highest BCUT2D eigenvalue weighted by atomic mass is 32.1. The minimum Gasteiger partial charge on any atom is -0.330 e. The molecule has 0 spiro atoms. The number of thiophene rings is 1. The van der Waals surface area contributed by atoms with E-state index >= 15 is 0 Å². The van der Waals surface area contributed by atoms with E-state index in [2.05, 4.69) is 26.0 Å². The molecule has 1 heterocycles. The third-order valence-electron chi connectivity index (χ3n) is 4.23. The van der Waals surface area contributed by atoms with Crippen molar-refractivity contribution < 1.29 is 0 Å². The van der Waals surface area contributed by atoms with Crippen LogP contribution in [0.4, 0.5) is 0 Å². The summed E-state index contributed by atoms with van der Waals surface area (Å²) in [5.74, 6) is 2.40. The molecule has 1 aliphatic carbocycles. The molecule has 0 aliphatic heterocycles. The van der Waals surface area contributed by atoms with Crippen LogP contribution in [0.3, 0.4) is 0 Å². The molecule has 96 valence electrons. The molecule has 2 rings (SSSR count). The number of nitrogens with two attached hydrogens (primary N) is 1. The van der Waals surface area contributed by atoms with Gasteiger partial charge in [0.15, 0.2) is 0 Å². The van der Waals surface area contributed by atoms with Crippen LogP contribution in [0.1, 0.15) is 54.7 Å². The first kappa shape index (κ1) is 13.1. The molecule has 1 saturated carbocycles. The standard InChI is InChI=1S/C15H25NS/c1-3-4-12-6-7-13(10-16)14(9-12)15-8-5-11(2)17-15/h5,8,12-14H,3-4,6-7,9-10,16H2,1-2H3. The van der Waals surface area contributed by atoms with Crippen LogP contribution < -0.4 is 5.73 Å². The lowest BCUT2D eigenvalue weighted by Gasteiger charge is -2.35. The van der Waals surface area contributed by atoms with E-state index in [4.69, 9.17) is 5.73 Å². The quantitative estimate of drug-likeness (QED) is 0.847. The lowest BCUT2D eigenvalue weighted by atomic mass is 9.72. The number of rotatable bonds is 4. The Balaban J connectivity index is 2.09. The van der Waals surface area contributed by atoms with Crippen molar-refractivity contribution in [3.05, 3.63) is 21.9 Å². The number of hydrogen-bond donors (Lipinski definition) is 1. The molecule has 1 aliphatic rings. The van der Waals surface area contributed by atoms with Gasteiger partial charge in [0.05, 0.1) is 0 Å². The van der Waals surface area contributed by atoms with Crippen LogP contribution in [0.2, 0.25) is 0 Å². The van der Waals surface area contributed by atoms with E-state index in [9.17, 15) is 0 Å².